The van der Waals surface area contributed by atoms with Crippen LogP contribution < -0.4 is 10.5 Å². The molecule has 0 atom stereocenters. The van der Waals surface area contributed by atoms with Crippen LogP contribution in [0, 0.1) is 12.3 Å². The standard InChI is InChI=1S/C12H14N2O4S/c1-2-3-4-7-14-19(17,18)11-6-5-9(12(15)16)8-10(11)13/h1,5-6,8,14H,3-4,7,13H2,(H,15,16). The fraction of sp³-hybridized carbons (Fsp3) is 0.250. The summed E-state index contributed by atoms with van der Waals surface area (Å²) in [4.78, 5) is 10.6. The van der Waals surface area contributed by atoms with Gasteiger partial charge in [0, 0.05) is 13.0 Å². The van der Waals surface area contributed by atoms with Crippen LogP contribution >= 0.6 is 0 Å². The number of benzene rings is 1. The average Bonchev–Trinajstić information content (AvgIpc) is 2.34. The van der Waals surface area contributed by atoms with Crippen molar-refractivity contribution in [1.82, 2.24) is 4.72 Å². The van der Waals surface area contributed by atoms with Crippen molar-refractivity contribution in [3.8, 4) is 12.3 Å². The Morgan fingerprint density at radius 3 is 2.68 bits per heavy atom. The van der Waals surface area contributed by atoms with Gasteiger partial charge in [-0.1, -0.05) is 0 Å². The van der Waals surface area contributed by atoms with E-state index >= 15 is 0 Å². The summed E-state index contributed by atoms with van der Waals surface area (Å²) in [5.41, 5.74) is 5.39. The number of aromatic carboxylic acids is 1. The number of carboxylic acids is 1. The summed E-state index contributed by atoms with van der Waals surface area (Å²) >= 11 is 0. The predicted octanol–water partition coefficient (Wildman–Crippen LogP) is 0.659. The van der Waals surface area contributed by atoms with E-state index < -0.39 is 16.0 Å². The first-order valence-corrected chi connectivity index (χ1v) is 6.92. The summed E-state index contributed by atoms with van der Waals surface area (Å²) in [6, 6.07) is 3.47. The van der Waals surface area contributed by atoms with Crippen LogP contribution in [0.15, 0.2) is 23.1 Å². The van der Waals surface area contributed by atoms with E-state index in [0.29, 0.717) is 12.8 Å². The van der Waals surface area contributed by atoms with Gasteiger partial charge >= 0.3 is 5.97 Å². The van der Waals surface area contributed by atoms with E-state index in [0.717, 1.165) is 6.07 Å². The van der Waals surface area contributed by atoms with E-state index in [1.165, 1.54) is 12.1 Å². The van der Waals surface area contributed by atoms with E-state index in [1.54, 1.807) is 0 Å². The minimum Gasteiger partial charge on any atom is -0.478 e. The fourth-order valence-corrected chi connectivity index (χ4v) is 2.59. The summed E-state index contributed by atoms with van der Waals surface area (Å²) in [6.07, 6.45) is 6.04. The van der Waals surface area contributed by atoms with Gasteiger partial charge in [-0.2, -0.15) is 0 Å². The zero-order valence-electron chi connectivity index (χ0n) is 10.1. The molecule has 0 heterocycles. The van der Waals surface area contributed by atoms with Crippen LogP contribution in [0.2, 0.25) is 0 Å². The van der Waals surface area contributed by atoms with Crippen molar-refractivity contribution in [3.63, 3.8) is 0 Å². The molecular formula is C12H14N2O4S. The Hall–Kier alpha value is -2.04. The lowest BCUT2D eigenvalue weighted by atomic mass is 10.2. The maximum atomic E-state index is 11.9. The van der Waals surface area contributed by atoms with Gasteiger partial charge in [-0.15, -0.1) is 12.3 Å². The van der Waals surface area contributed by atoms with Crippen molar-refractivity contribution >= 4 is 21.7 Å². The molecule has 0 aliphatic carbocycles. The van der Waals surface area contributed by atoms with Gasteiger partial charge in [-0.05, 0) is 24.6 Å². The molecule has 7 heteroatoms. The minimum absolute atomic E-state index is 0.0659. The van der Waals surface area contributed by atoms with Crippen molar-refractivity contribution in [1.29, 1.82) is 0 Å². The van der Waals surface area contributed by atoms with Crippen LogP contribution in [-0.4, -0.2) is 26.0 Å². The van der Waals surface area contributed by atoms with Crippen LogP contribution in [0.5, 0.6) is 0 Å². The zero-order chi connectivity index (χ0) is 14.5. The molecule has 0 saturated heterocycles. The first-order valence-electron chi connectivity index (χ1n) is 5.44. The number of anilines is 1. The number of terminal acetylenes is 1. The highest BCUT2D eigenvalue weighted by Crippen LogP contribution is 2.19. The number of unbranched alkanes of at least 4 members (excludes halogenated alkanes) is 1. The van der Waals surface area contributed by atoms with Gasteiger partial charge in [-0.3, -0.25) is 0 Å². The summed E-state index contributed by atoms with van der Waals surface area (Å²) in [5.74, 6) is 1.23. The van der Waals surface area contributed by atoms with E-state index in [-0.39, 0.29) is 22.7 Å². The largest absolute Gasteiger partial charge is 0.478 e. The topological polar surface area (TPSA) is 109 Å². The van der Waals surface area contributed by atoms with Crippen molar-refractivity contribution < 1.29 is 18.3 Å². The molecule has 1 rings (SSSR count). The number of sulfonamides is 1. The molecule has 0 saturated carbocycles. The second-order valence-corrected chi connectivity index (χ2v) is 5.50. The summed E-state index contributed by atoms with van der Waals surface area (Å²) < 4.78 is 26.2. The summed E-state index contributed by atoms with van der Waals surface area (Å²) in [6.45, 7) is 0.201. The molecule has 0 amide bonds. The number of hydrogen-bond acceptors (Lipinski definition) is 4. The highest BCUT2D eigenvalue weighted by atomic mass is 32.2. The Bertz CT molecular complexity index is 617. The Balaban J connectivity index is 2.90. The molecule has 0 spiro atoms. The van der Waals surface area contributed by atoms with E-state index in [9.17, 15) is 13.2 Å². The number of nitrogens with one attached hydrogen (secondary N) is 1. The Labute approximate surface area is 111 Å². The van der Waals surface area contributed by atoms with Gasteiger partial charge in [0.2, 0.25) is 10.0 Å². The monoisotopic (exact) mass is 282 g/mol. The first kappa shape index (κ1) is 15.0. The maximum absolute atomic E-state index is 11.9. The maximum Gasteiger partial charge on any atom is 0.335 e. The van der Waals surface area contributed by atoms with Gasteiger partial charge in [0.05, 0.1) is 11.3 Å². The highest BCUT2D eigenvalue weighted by molar-refractivity contribution is 7.89. The molecule has 4 N–H and O–H groups in total. The van der Waals surface area contributed by atoms with Gasteiger partial charge in [-0.25, -0.2) is 17.9 Å². The second kappa shape index (κ2) is 6.22. The number of hydrogen-bond donors (Lipinski definition) is 3. The normalized spacial score (nSPS) is 10.9. The summed E-state index contributed by atoms with van der Waals surface area (Å²) in [5, 5.41) is 8.76. The third-order valence-corrected chi connectivity index (χ3v) is 3.87. The minimum atomic E-state index is -3.75. The van der Waals surface area contributed by atoms with E-state index in [1.807, 2.05) is 0 Å². The quantitative estimate of drug-likeness (QED) is 0.403. The van der Waals surface area contributed by atoms with Gasteiger partial charge in [0.25, 0.3) is 0 Å². The molecule has 0 unspecified atom stereocenters. The molecule has 0 aliphatic rings. The third kappa shape index (κ3) is 3.98. The van der Waals surface area contributed by atoms with Gasteiger partial charge in [0.15, 0.2) is 0 Å². The van der Waals surface area contributed by atoms with Gasteiger partial charge < -0.3 is 10.8 Å². The molecule has 6 nitrogen and oxygen atoms in total. The molecule has 1 aromatic rings. The van der Waals surface area contributed by atoms with Crippen molar-refractivity contribution in [2.45, 2.75) is 17.7 Å². The van der Waals surface area contributed by atoms with Crippen LogP contribution in [0.4, 0.5) is 5.69 Å². The molecule has 102 valence electrons. The number of carboxylic acid groups (broad SMARTS) is 1. The molecule has 0 fully saturated rings. The average molecular weight is 282 g/mol. The van der Waals surface area contributed by atoms with E-state index in [4.69, 9.17) is 17.3 Å². The first-order chi connectivity index (χ1) is 8.88. The molecule has 0 bridgehead atoms. The van der Waals surface area contributed by atoms with Crippen molar-refractivity contribution in [2.75, 3.05) is 12.3 Å². The van der Waals surface area contributed by atoms with Gasteiger partial charge in [0.1, 0.15) is 4.90 Å². The summed E-state index contributed by atoms with van der Waals surface area (Å²) in [7, 11) is -3.75. The Morgan fingerprint density at radius 2 is 2.16 bits per heavy atom. The molecule has 0 aliphatic heterocycles. The predicted molar refractivity (Wildman–Crippen MR) is 71.1 cm³/mol. The molecule has 0 radical (unpaired) electrons. The van der Waals surface area contributed by atoms with Crippen molar-refractivity contribution in [3.05, 3.63) is 23.8 Å². The lowest BCUT2D eigenvalue weighted by Crippen LogP contribution is -2.25. The number of nitrogen functional groups attached to an aromatic ring is 1. The smallest absolute Gasteiger partial charge is 0.335 e. The van der Waals surface area contributed by atoms with Crippen LogP contribution in [0.25, 0.3) is 0 Å². The number of carbonyl (C=O) groups is 1. The SMILES string of the molecule is C#CCCCNS(=O)(=O)c1ccc(C(=O)O)cc1N. The third-order valence-electron chi connectivity index (χ3n) is 2.34. The number of nitrogens with two attached hydrogens (primary N) is 1. The Morgan fingerprint density at radius 1 is 1.47 bits per heavy atom. The molecule has 1 aromatic carbocycles. The molecular weight excluding hydrogens is 268 g/mol. The van der Waals surface area contributed by atoms with Crippen LogP contribution in [-0.2, 0) is 10.0 Å². The Kier molecular flexibility index (Phi) is 4.92. The van der Waals surface area contributed by atoms with E-state index in [2.05, 4.69) is 10.6 Å². The second-order valence-electron chi connectivity index (χ2n) is 3.76. The highest BCUT2D eigenvalue weighted by Gasteiger charge is 2.18. The lowest BCUT2D eigenvalue weighted by molar-refractivity contribution is 0.0697. The fourth-order valence-electron chi connectivity index (χ4n) is 1.40. The molecule has 19 heavy (non-hydrogen) atoms. The zero-order valence-corrected chi connectivity index (χ0v) is 10.9. The van der Waals surface area contributed by atoms with Crippen LogP contribution in [0.1, 0.15) is 23.2 Å². The van der Waals surface area contributed by atoms with Crippen molar-refractivity contribution in [2.24, 2.45) is 0 Å². The van der Waals surface area contributed by atoms with Crippen LogP contribution in [0.3, 0.4) is 0 Å². The lowest BCUT2D eigenvalue weighted by Gasteiger charge is -2.09. The number of rotatable bonds is 6. The molecule has 0 aromatic heterocycles.